The predicted molar refractivity (Wildman–Crippen MR) is 33.5 cm³/mol. The standard InChI is InChI=1S/C4H7ClS/c1-4(2-5)3-6/h3-4H,2H2,1H3. The Morgan fingerprint density at radius 3 is 2.50 bits per heavy atom. The van der Waals surface area contributed by atoms with Crippen LogP contribution in [0, 0.1) is 5.92 Å². The fourth-order valence-electron chi connectivity index (χ4n) is 0.0364. The molecule has 1 unspecified atom stereocenters. The number of hydrogen-bond acceptors (Lipinski definition) is 1. The van der Waals surface area contributed by atoms with Crippen molar-refractivity contribution in [2.45, 2.75) is 6.92 Å². The van der Waals surface area contributed by atoms with Crippen molar-refractivity contribution >= 4 is 29.2 Å². The number of halogens is 1. The average molecular weight is 123 g/mol. The van der Waals surface area contributed by atoms with Gasteiger partial charge in [0.2, 0.25) is 0 Å². The van der Waals surface area contributed by atoms with E-state index in [0.29, 0.717) is 11.8 Å². The van der Waals surface area contributed by atoms with Gasteiger partial charge < -0.3 is 0 Å². The van der Waals surface area contributed by atoms with Crippen molar-refractivity contribution in [3.05, 3.63) is 0 Å². The van der Waals surface area contributed by atoms with E-state index in [-0.39, 0.29) is 0 Å². The smallest absolute Gasteiger partial charge is 0.0291 e. The van der Waals surface area contributed by atoms with E-state index in [1.807, 2.05) is 6.92 Å². The highest BCUT2D eigenvalue weighted by Gasteiger charge is 1.87. The molecule has 0 heterocycles. The highest BCUT2D eigenvalue weighted by atomic mass is 35.5. The quantitative estimate of drug-likeness (QED) is 0.398. The first-order valence-corrected chi connectivity index (χ1v) is 2.83. The number of alkyl halides is 1. The summed E-state index contributed by atoms with van der Waals surface area (Å²) in [6.07, 6.45) is 0. The average Bonchev–Trinajstić information content (AvgIpc) is 1.65. The molecule has 0 nitrogen and oxygen atoms in total. The summed E-state index contributed by atoms with van der Waals surface area (Å²) in [5.41, 5.74) is 0. The van der Waals surface area contributed by atoms with E-state index in [2.05, 4.69) is 12.2 Å². The zero-order chi connectivity index (χ0) is 4.99. The number of rotatable bonds is 2. The topological polar surface area (TPSA) is 0 Å². The van der Waals surface area contributed by atoms with E-state index in [1.54, 1.807) is 5.37 Å². The molecule has 0 aliphatic rings. The molecule has 0 saturated heterocycles. The van der Waals surface area contributed by atoms with Crippen LogP contribution in [0.25, 0.3) is 0 Å². The van der Waals surface area contributed by atoms with Crippen LogP contribution in [0.5, 0.6) is 0 Å². The van der Waals surface area contributed by atoms with Crippen molar-refractivity contribution in [3.63, 3.8) is 0 Å². The van der Waals surface area contributed by atoms with E-state index in [9.17, 15) is 0 Å². The molecule has 1 atom stereocenters. The second-order valence-electron chi connectivity index (χ2n) is 1.27. The molecule has 0 amide bonds. The predicted octanol–water partition coefficient (Wildman–Crippen LogP) is 1.86. The summed E-state index contributed by atoms with van der Waals surface area (Å²) < 4.78 is 0. The molecule has 36 valence electrons. The minimum atomic E-state index is 0.390. The van der Waals surface area contributed by atoms with Gasteiger partial charge in [-0.1, -0.05) is 19.1 Å². The summed E-state index contributed by atoms with van der Waals surface area (Å²) in [6, 6.07) is 0. The third kappa shape index (κ3) is 2.61. The Hall–Kier alpha value is 0.380. The minimum absolute atomic E-state index is 0.390. The van der Waals surface area contributed by atoms with Gasteiger partial charge in [0.15, 0.2) is 0 Å². The van der Waals surface area contributed by atoms with Crippen molar-refractivity contribution in [1.29, 1.82) is 0 Å². The molecule has 0 aromatic heterocycles. The first-order chi connectivity index (χ1) is 2.81. The lowest BCUT2D eigenvalue weighted by molar-refractivity contribution is 0.931. The Morgan fingerprint density at radius 1 is 2.00 bits per heavy atom. The molecule has 0 radical (unpaired) electrons. The van der Waals surface area contributed by atoms with Crippen LogP contribution < -0.4 is 0 Å². The molecule has 0 spiro atoms. The van der Waals surface area contributed by atoms with Crippen LogP contribution in [0.15, 0.2) is 0 Å². The molecule has 0 aliphatic carbocycles. The SMILES string of the molecule is CC(C=S)CCl. The minimum Gasteiger partial charge on any atom is -0.126 e. The Kier molecular flexibility index (Phi) is 3.79. The molecule has 0 aromatic carbocycles. The van der Waals surface area contributed by atoms with E-state index >= 15 is 0 Å². The van der Waals surface area contributed by atoms with E-state index in [1.165, 1.54) is 0 Å². The molecule has 0 saturated carbocycles. The number of thiocarbonyl (C=S) groups is 1. The van der Waals surface area contributed by atoms with Crippen LogP contribution in [0.4, 0.5) is 0 Å². The van der Waals surface area contributed by atoms with Crippen LogP contribution in [0.1, 0.15) is 6.92 Å². The lowest BCUT2D eigenvalue weighted by Crippen LogP contribution is -1.92. The molecule has 2 heteroatoms. The third-order valence-electron chi connectivity index (χ3n) is 0.476. The normalized spacial score (nSPS) is 13.7. The first-order valence-electron chi connectivity index (χ1n) is 1.82. The van der Waals surface area contributed by atoms with Gasteiger partial charge >= 0.3 is 0 Å². The fourth-order valence-corrected chi connectivity index (χ4v) is 0.327. The third-order valence-corrected chi connectivity index (χ3v) is 1.43. The van der Waals surface area contributed by atoms with E-state index in [4.69, 9.17) is 11.6 Å². The van der Waals surface area contributed by atoms with Crippen molar-refractivity contribution < 1.29 is 0 Å². The Morgan fingerprint density at radius 2 is 2.50 bits per heavy atom. The Bertz CT molecular complexity index is 44.8. The summed E-state index contributed by atoms with van der Waals surface area (Å²) >= 11 is 9.92. The molecule has 6 heavy (non-hydrogen) atoms. The van der Waals surface area contributed by atoms with Crippen molar-refractivity contribution in [3.8, 4) is 0 Å². The molecule has 0 aliphatic heterocycles. The number of hydrogen-bond donors (Lipinski definition) is 0. The van der Waals surface area contributed by atoms with Gasteiger partial charge in [0.05, 0.1) is 0 Å². The second-order valence-corrected chi connectivity index (χ2v) is 1.85. The zero-order valence-corrected chi connectivity index (χ0v) is 5.22. The van der Waals surface area contributed by atoms with E-state index in [0.717, 1.165) is 0 Å². The monoisotopic (exact) mass is 122 g/mol. The molecular weight excluding hydrogens is 116 g/mol. The van der Waals surface area contributed by atoms with Gasteiger partial charge in [0.25, 0.3) is 0 Å². The molecule has 0 aromatic rings. The second kappa shape index (κ2) is 3.57. The maximum absolute atomic E-state index is 5.35. The molecular formula is C4H7ClS. The molecule has 0 N–H and O–H groups in total. The van der Waals surface area contributed by atoms with Crippen LogP contribution in [0.3, 0.4) is 0 Å². The molecule has 0 fully saturated rings. The fraction of sp³-hybridized carbons (Fsp3) is 0.750. The zero-order valence-electron chi connectivity index (χ0n) is 3.65. The molecule has 0 bridgehead atoms. The van der Waals surface area contributed by atoms with Crippen molar-refractivity contribution in [2.24, 2.45) is 5.92 Å². The van der Waals surface area contributed by atoms with Crippen LogP contribution in [-0.2, 0) is 0 Å². The lowest BCUT2D eigenvalue weighted by Gasteiger charge is -1.90. The van der Waals surface area contributed by atoms with Crippen LogP contribution in [0.2, 0.25) is 0 Å². The summed E-state index contributed by atoms with van der Waals surface area (Å²) in [6.45, 7) is 1.99. The highest BCUT2D eigenvalue weighted by molar-refractivity contribution is 7.79. The van der Waals surface area contributed by atoms with Gasteiger partial charge in [0, 0.05) is 5.88 Å². The van der Waals surface area contributed by atoms with Crippen LogP contribution >= 0.6 is 23.8 Å². The molecule has 0 rings (SSSR count). The lowest BCUT2D eigenvalue weighted by atomic mass is 10.3. The summed E-state index contributed by atoms with van der Waals surface area (Å²) in [5, 5.41) is 1.67. The first kappa shape index (κ1) is 6.38. The van der Waals surface area contributed by atoms with Gasteiger partial charge in [-0.15, -0.1) is 11.6 Å². The summed E-state index contributed by atoms with van der Waals surface area (Å²) in [7, 11) is 0. The van der Waals surface area contributed by atoms with Gasteiger partial charge in [-0.3, -0.25) is 0 Å². The maximum atomic E-state index is 5.35. The largest absolute Gasteiger partial charge is 0.126 e. The Labute approximate surface area is 48.5 Å². The summed E-state index contributed by atoms with van der Waals surface area (Å²) in [5.74, 6) is 1.03. The maximum Gasteiger partial charge on any atom is 0.0291 e. The van der Waals surface area contributed by atoms with E-state index < -0.39 is 0 Å². The van der Waals surface area contributed by atoms with Gasteiger partial charge in [-0.25, -0.2) is 0 Å². The van der Waals surface area contributed by atoms with Gasteiger partial charge in [-0.2, -0.15) is 0 Å². The van der Waals surface area contributed by atoms with Crippen LogP contribution in [-0.4, -0.2) is 11.2 Å². The Balaban J connectivity index is 2.96. The van der Waals surface area contributed by atoms with Crippen molar-refractivity contribution in [1.82, 2.24) is 0 Å². The van der Waals surface area contributed by atoms with Gasteiger partial charge in [-0.05, 0) is 11.3 Å². The van der Waals surface area contributed by atoms with Crippen molar-refractivity contribution in [2.75, 3.05) is 5.88 Å². The highest BCUT2D eigenvalue weighted by Crippen LogP contribution is 1.91. The van der Waals surface area contributed by atoms with Gasteiger partial charge in [0.1, 0.15) is 0 Å². The summed E-state index contributed by atoms with van der Waals surface area (Å²) in [4.78, 5) is 0.